The van der Waals surface area contributed by atoms with Crippen LogP contribution >= 0.6 is 0 Å². The summed E-state index contributed by atoms with van der Waals surface area (Å²) in [5, 5.41) is 2.24. The summed E-state index contributed by atoms with van der Waals surface area (Å²) in [6.45, 7) is 1.84. The second-order valence-electron chi connectivity index (χ2n) is 2.12. The molecule has 0 aliphatic rings. The Hall–Kier alpha value is -1.58. The van der Waals surface area contributed by atoms with Crippen molar-refractivity contribution in [3.8, 4) is 0 Å². The van der Waals surface area contributed by atoms with Crippen molar-refractivity contribution < 1.29 is 4.79 Å². The smallest absolute Gasteiger partial charge is 0.261 e. The molecule has 0 fully saturated rings. The fourth-order valence-electron chi connectivity index (χ4n) is 0.641. The van der Waals surface area contributed by atoms with Crippen molar-refractivity contribution in [1.82, 2.24) is 4.98 Å². The van der Waals surface area contributed by atoms with Crippen LogP contribution in [0.25, 0.3) is 0 Å². The third-order valence-electron chi connectivity index (χ3n) is 1.21. The topological polar surface area (TPSA) is 59.4 Å². The van der Waals surface area contributed by atoms with Crippen molar-refractivity contribution in [1.29, 1.82) is 0 Å². The molecule has 0 aliphatic carbocycles. The van der Waals surface area contributed by atoms with Gasteiger partial charge in [-0.2, -0.15) is 0 Å². The standard InChI is InChI=1S/C7H6N2O2/c1-5-2-3-6(8-4-5)7(10)9-11/h2-4H,1H3. The van der Waals surface area contributed by atoms with E-state index in [1.54, 1.807) is 6.07 Å². The summed E-state index contributed by atoms with van der Waals surface area (Å²) in [6.07, 6.45) is 1.51. The highest BCUT2D eigenvalue weighted by molar-refractivity contribution is 5.92. The summed E-state index contributed by atoms with van der Waals surface area (Å²) >= 11 is 0. The van der Waals surface area contributed by atoms with E-state index in [0.29, 0.717) is 0 Å². The summed E-state index contributed by atoms with van der Waals surface area (Å²) in [5.41, 5.74) is 1.03. The van der Waals surface area contributed by atoms with Gasteiger partial charge in [-0.3, -0.25) is 9.78 Å². The fraction of sp³-hybridized carbons (Fsp3) is 0.143. The molecule has 1 amide bonds. The van der Waals surface area contributed by atoms with Gasteiger partial charge in [0.15, 0.2) is 0 Å². The first-order valence-corrected chi connectivity index (χ1v) is 3.04. The van der Waals surface area contributed by atoms with Gasteiger partial charge in [0.25, 0.3) is 0 Å². The molecule has 0 atom stereocenters. The molecule has 0 unspecified atom stereocenters. The van der Waals surface area contributed by atoms with Gasteiger partial charge >= 0.3 is 5.91 Å². The van der Waals surface area contributed by atoms with E-state index >= 15 is 0 Å². The number of rotatable bonds is 1. The molecule has 0 saturated carbocycles. The van der Waals surface area contributed by atoms with Crippen LogP contribution < -0.4 is 0 Å². The van der Waals surface area contributed by atoms with Crippen LogP contribution in [0.3, 0.4) is 0 Å². The number of amides is 1. The van der Waals surface area contributed by atoms with Crippen molar-refractivity contribution in [3.63, 3.8) is 0 Å². The molecule has 56 valence electrons. The van der Waals surface area contributed by atoms with Gasteiger partial charge in [-0.15, -0.1) is 4.91 Å². The quantitative estimate of drug-likeness (QED) is 0.567. The van der Waals surface area contributed by atoms with Crippen LogP contribution in [0.5, 0.6) is 0 Å². The predicted octanol–water partition coefficient (Wildman–Crippen LogP) is 1.30. The molecular formula is C7H6N2O2. The third kappa shape index (κ3) is 1.67. The van der Waals surface area contributed by atoms with E-state index in [1.807, 2.05) is 6.92 Å². The number of carbonyl (C=O) groups is 1. The minimum atomic E-state index is -0.829. The van der Waals surface area contributed by atoms with Gasteiger partial charge in [0.05, 0.1) is 0 Å². The number of hydrogen-bond donors (Lipinski definition) is 0. The second kappa shape index (κ2) is 3.01. The van der Waals surface area contributed by atoms with Crippen molar-refractivity contribution in [3.05, 3.63) is 34.5 Å². The Balaban J connectivity index is 2.98. The molecule has 1 aromatic heterocycles. The highest BCUT2D eigenvalue weighted by Crippen LogP contribution is 1.99. The minimum absolute atomic E-state index is 0.0885. The van der Waals surface area contributed by atoms with Crippen LogP contribution in [0, 0.1) is 11.8 Å². The maximum atomic E-state index is 10.6. The monoisotopic (exact) mass is 150 g/mol. The van der Waals surface area contributed by atoms with Gasteiger partial charge in [-0.05, 0) is 18.6 Å². The van der Waals surface area contributed by atoms with E-state index in [-0.39, 0.29) is 5.69 Å². The van der Waals surface area contributed by atoms with E-state index in [1.165, 1.54) is 12.3 Å². The molecule has 0 spiro atoms. The zero-order chi connectivity index (χ0) is 8.27. The Morgan fingerprint density at radius 1 is 1.55 bits per heavy atom. The van der Waals surface area contributed by atoms with Gasteiger partial charge in [-0.1, -0.05) is 6.07 Å². The maximum absolute atomic E-state index is 10.6. The minimum Gasteiger partial charge on any atom is -0.261 e. The lowest BCUT2D eigenvalue weighted by atomic mass is 10.3. The molecule has 0 bridgehead atoms. The Bertz CT molecular complexity index is 279. The van der Waals surface area contributed by atoms with Crippen molar-refractivity contribution in [2.45, 2.75) is 6.92 Å². The van der Waals surface area contributed by atoms with E-state index in [0.717, 1.165) is 5.56 Å². The molecule has 4 heteroatoms. The first-order valence-electron chi connectivity index (χ1n) is 3.04. The lowest BCUT2D eigenvalue weighted by Gasteiger charge is -1.91. The summed E-state index contributed by atoms with van der Waals surface area (Å²) in [6, 6.07) is 3.17. The van der Waals surface area contributed by atoms with E-state index in [4.69, 9.17) is 0 Å². The molecule has 11 heavy (non-hydrogen) atoms. The number of carbonyl (C=O) groups excluding carboxylic acids is 1. The van der Waals surface area contributed by atoms with Crippen LogP contribution in [0.1, 0.15) is 16.1 Å². The Morgan fingerprint density at radius 3 is 2.73 bits per heavy atom. The number of nitrogens with zero attached hydrogens (tertiary/aromatic N) is 2. The fourth-order valence-corrected chi connectivity index (χ4v) is 0.641. The Kier molecular flexibility index (Phi) is 2.06. The van der Waals surface area contributed by atoms with Crippen molar-refractivity contribution >= 4 is 5.91 Å². The van der Waals surface area contributed by atoms with Gasteiger partial charge in [0.1, 0.15) is 5.69 Å². The number of aromatic nitrogens is 1. The number of hydrogen-bond acceptors (Lipinski definition) is 3. The highest BCUT2D eigenvalue weighted by atomic mass is 16.3. The van der Waals surface area contributed by atoms with Crippen molar-refractivity contribution in [2.24, 2.45) is 5.18 Å². The Labute approximate surface area is 63.2 Å². The zero-order valence-corrected chi connectivity index (χ0v) is 5.94. The first kappa shape index (κ1) is 7.53. The summed E-state index contributed by atoms with van der Waals surface area (Å²) < 4.78 is 0. The molecule has 1 heterocycles. The number of aryl methyl sites for hydroxylation is 1. The van der Waals surface area contributed by atoms with Crippen LogP contribution in [0.4, 0.5) is 0 Å². The molecule has 1 rings (SSSR count). The lowest BCUT2D eigenvalue weighted by Crippen LogP contribution is -1.96. The van der Waals surface area contributed by atoms with E-state index < -0.39 is 5.91 Å². The first-order chi connectivity index (χ1) is 5.24. The summed E-state index contributed by atoms with van der Waals surface area (Å²) in [5.74, 6) is -0.829. The van der Waals surface area contributed by atoms with Crippen LogP contribution in [-0.4, -0.2) is 10.9 Å². The predicted molar refractivity (Wildman–Crippen MR) is 39.1 cm³/mol. The van der Waals surface area contributed by atoms with Crippen LogP contribution in [0.15, 0.2) is 23.5 Å². The SMILES string of the molecule is Cc1ccc(C(=O)N=O)nc1. The van der Waals surface area contributed by atoms with Gasteiger partial charge in [0, 0.05) is 11.4 Å². The van der Waals surface area contributed by atoms with Gasteiger partial charge in [0.2, 0.25) is 0 Å². The maximum Gasteiger partial charge on any atom is 0.334 e. The van der Waals surface area contributed by atoms with Crippen LogP contribution in [-0.2, 0) is 0 Å². The van der Waals surface area contributed by atoms with Gasteiger partial charge < -0.3 is 0 Å². The average Bonchev–Trinajstić information content (AvgIpc) is 2.05. The highest BCUT2D eigenvalue weighted by Gasteiger charge is 2.04. The van der Waals surface area contributed by atoms with Gasteiger partial charge in [-0.25, -0.2) is 0 Å². The zero-order valence-electron chi connectivity index (χ0n) is 5.94. The molecule has 1 aromatic rings. The summed E-state index contributed by atoms with van der Waals surface area (Å²) in [7, 11) is 0. The molecule has 0 saturated heterocycles. The molecule has 0 N–H and O–H groups in total. The normalized spacial score (nSPS) is 9.18. The molecule has 0 aromatic carbocycles. The largest absolute Gasteiger partial charge is 0.334 e. The molecule has 0 radical (unpaired) electrons. The number of nitroso groups, excluding NO2 is 1. The second-order valence-corrected chi connectivity index (χ2v) is 2.12. The van der Waals surface area contributed by atoms with Crippen molar-refractivity contribution in [2.75, 3.05) is 0 Å². The molecule has 4 nitrogen and oxygen atoms in total. The lowest BCUT2D eigenvalue weighted by molar-refractivity contribution is 0.0996. The van der Waals surface area contributed by atoms with E-state index in [2.05, 4.69) is 10.2 Å². The molecular weight excluding hydrogens is 144 g/mol. The molecule has 0 aliphatic heterocycles. The van der Waals surface area contributed by atoms with Crippen LogP contribution in [0.2, 0.25) is 0 Å². The average molecular weight is 150 g/mol. The Morgan fingerprint density at radius 2 is 2.27 bits per heavy atom. The summed E-state index contributed by atoms with van der Waals surface area (Å²) in [4.78, 5) is 24.0. The third-order valence-corrected chi connectivity index (χ3v) is 1.21. The number of pyridine rings is 1. The van der Waals surface area contributed by atoms with E-state index in [9.17, 15) is 9.70 Å².